The molecule has 2 aliphatic rings. The lowest BCUT2D eigenvalue weighted by molar-refractivity contribution is 0.174. The zero-order valence-corrected chi connectivity index (χ0v) is 11.2. The van der Waals surface area contributed by atoms with Gasteiger partial charge in [0, 0.05) is 12.3 Å². The van der Waals surface area contributed by atoms with Crippen LogP contribution in [0.3, 0.4) is 0 Å². The summed E-state index contributed by atoms with van der Waals surface area (Å²) >= 11 is 0. The van der Waals surface area contributed by atoms with E-state index in [0.717, 1.165) is 30.2 Å². The quantitative estimate of drug-likeness (QED) is 0.857. The van der Waals surface area contributed by atoms with Crippen LogP contribution in [0.15, 0.2) is 18.2 Å². The minimum atomic E-state index is 0.240. The summed E-state index contributed by atoms with van der Waals surface area (Å²) < 4.78 is 12.8. The van der Waals surface area contributed by atoms with E-state index in [9.17, 15) is 0 Å². The first-order valence-corrected chi connectivity index (χ1v) is 6.83. The number of aromatic nitrogens is 3. The van der Waals surface area contributed by atoms with E-state index in [1.54, 1.807) is 0 Å². The Labute approximate surface area is 116 Å². The largest absolute Gasteiger partial charge is 0.454 e. The van der Waals surface area contributed by atoms with Crippen LogP contribution >= 0.6 is 0 Å². The van der Waals surface area contributed by atoms with Gasteiger partial charge in [-0.05, 0) is 31.0 Å². The normalized spacial score (nSPS) is 23.6. The van der Waals surface area contributed by atoms with Crippen LogP contribution < -0.4 is 15.2 Å². The summed E-state index contributed by atoms with van der Waals surface area (Å²) in [5.74, 6) is 3.38. The van der Waals surface area contributed by atoms with Crippen molar-refractivity contribution in [1.29, 1.82) is 0 Å². The number of benzene rings is 1. The smallest absolute Gasteiger partial charge is 0.239 e. The van der Waals surface area contributed by atoms with Gasteiger partial charge in [-0.3, -0.25) is 0 Å². The van der Waals surface area contributed by atoms with Crippen molar-refractivity contribution in [3.05, 3.63) is 29.6 Å². The molecule has 20 heavy (non-hydrogen) atoms. The van der Waals surface area contributed by atoms with E-state index in [0.29, 0.717) is 18.7 Å². The number of nitrogen functional groups attached to an aromatic ring is 1. The van der Waals surface area contributed by atoms with Crippen molar-refractivity contribution in [3.8, 4) is 11.5 Å². The number of aryl methyl sites for hydroxylation is 1. The van der Waals surface area contributed by atoms with E-state index < -0.39 is 0 Å². The molecule has 2 N–H and O–H groups in total. The fourth-order valence-electron chi connectivity index (χ4n) is 3.16. The first-order chi connectivity index (χ1) is 9.72. The third-order valence-corrected chi connectivity index (χ3v) is 4.19. The minimum Gasteiger partial charge on any atom is -0.454 e. The highest BCUT2D eigenvalue weighted by Gasteiger charge is 2.30. The van der Waals surface area contributed by atoms with Gasteiger partial charge in [0.25, 0.3) is 0 Å². The maximum Gasteiger partial charge on any atom is 0.239 e. The molecular formula is C14H16N4O2. The summed E-state index contributed by atoms with van der Waals surface area (Å²) in [6, 6.07) is 6.41. The van der Waals surface area contributed by atoms with Gasteiger partial charge in [-0.1, -0.05) is 6.07 Å². The maximum atomic E-state index is 5.70. The van der Waals surface area contributed by atoms with E-state index in [2.05, 4.69) is 29.1 Å². The van der Waals surface area contributed by atoms with Crippen molar-refractivity contribution in [2.75, 3.05) is 12.5 Å². The Morgan fingerprint density at radius 3 is 3.05 bits per heavy atom. The summed E-state index contributed by atoms with van der Waals surface area (Å²) in [7, 11) is 0. The molecular weight excluding hydrogens is 256 g/mol. The summed E-state index contributed by atoms with van der Waals surface area (Å²) in [6.45, 7) is 2.47. The lowest BCUT2D eigenvalue weighted by atomic mass is 9.85. The number of fused-ring (bicyclic) bond motifs is 2. The van der Waals surface area contributed by atoms with E-state index in [1.165, 1.54) is 5.56 Å². The predicted molar refractivity (Wildman–Crippen MR) is 72.8 cm³/mol. The van der Waals surface area contributed by atoms with Crippen molar-refractivity contribution in [2.24, 2.45) is 0 Å². The van der Waals surface area contributed by atoms with Gasteiger partial charge in [0.05, 0.1) is 6.04 Å². The van der Waals surface area contributed by atoms with Gasteiger partial charge in [0.1, 0.15) is 5.82 Å². The topological polar surface area (TPSA) is 75.2 Å². The molecule has 3 heterocycles. The molecule has 2 unspecified atom stereocenters. The number of rotatable bonds is 1. The lowest BCUT2D eigenvalue weighted by Gasteiger charge is -2.29. The molecule has 4 rings (SSSR count). The summed E-state index contributed by atoms with van der Waals surface area (Å²) in [5.41, 5.74) is 6.95. The summed E-state index contributed by atoms with van der Waals surface area (Å²) in [5, 5.41) is 4.31. The molecule has 0 amide bonds. The van der Waals surface area contributed by atoms with Crippen molar-refractivity contribution in [2.45, 2.75) is 31.7 Å². The summed E-state index contributed by atoms with van der Waals surface area (Å²) in [6.07, 6.45) is 1.94. The van der Waals surface area contributed by atoms with Gasteiger partial charge >= 0.3 is 0 Å². The number of hydrogen-bond donors (Lipinski definition) is 1. The van der Waals surface area contributed by atoms with E-state index in [-0.39, 0.29) is 6.04 Å². The number of anilines is 1. The molecule has 0 saturated heterocycles. The number of nitrogens with two attached hydrogens (primary N) is 1. The third-order valence-electron chi connectivity index (χ3n) is 4.19. The fraction of sp³-hybridized carbons (Fsp3) is 0.429. The Bertz CT molecular complexity index is 667. The van der Waals surface area contributed by atoms with Gasteiger partial charge in [-0.2, -0.15) is 4.98 Å². The molecule has 6 nitrogen and oxygen atoms in total. The Balaban J connectivity index is 1.70. The van der Waals surface area contributed by atoms with Crippen LogP contribution in [0.1, 0.15) is 36.7 Å². The Morgan fingerprint density at radius 1 is 1.30 bits per heavy atom. The second kappa shape index (κ2) is 4.13. The maximum absolute atomic E-state index is 5.70. The molecule has 2 aliphatic heterocycles. The predicted octanol–water partition coefficient (Wildman–Crippen LogP) is 1.88. The van der Waals surface area contributed by atoms with E-state index >= 15 is 0 Å². The van der Waals surface area contributed by atoms with Crippen LogP contribution in [-0.2, 0) is 6.42 Å². The minimum absolute atomic E-state index is 0.240. The average Bonchev–Trinajstić information content (AvgIpc) is 3.04. The van der Waals surface area contributed by atoms with Crippen molar-refractivity contribution in [1.82, 2.24) is 14.8 Å². The monoisotopic (exact) mass is 272 g/mol. The van der Waals surface area contributed by atoms with Crippen molar-refractivity contribution < 1.29 is 9.47 Å². The highest BCUT2D eigenvalue weighted by molar-refractivity contribution is 5.45. The number of ether oxygens (including phenoxy) is 2. The summed E-state index contributed by atoms with van der Waals surface area (Å²) in [4.78, 5) is 4.27. The van der Waals surface area contributed by atoms with Crippen LogP contribution in [0.5, 0.6) is 11.5 Å². The average molecular weight is 272 g/mol. The van der Waals surface area contributed by atoms with Gasteiger partial charge in [0.15, 0.2) is 11.5 Å². The van der Waals surface area contributed by atoms with E-state index in [4.69, 9.17) is 15.2 Å². The van der Waals surface area contributed by atoms with Gasteiger partial charge in [-0.25, -0.2) is 4.68 Å². The molecule has 0 spiro atoms. The van der Waals surface area contributed by atoms with E-state index in [1.807, 2.05) is 10.7 Å². The zero-order chi connectivity index (χ0) is 13.7. The van der Waals surface area contributed by atoms with Crippen molar-refractivity contribution >= 4 is 5.95 Å². The molecule has 1 aromatic heterocycles. The Kier molecular flexibility index (Phi) is 2.39. The molecule has 0 saturated carbocycles. The third kappa shape index (κ3) is 1.64. The van der Waals surface area contributed by atoms with Gasteiger partial charge < -0.3 is 15.2 Å². The molecule has 0 fully saturated rings. The molecule has 6 heteroatoms. The van der Waals surface area contributed by atoms with Gasteiger partial charge in [-0.15, -0.1) is 5.10 Å². The lowest BCUT2D eigenvalue weighted by Crippen LogP contribution is -2.24. The highest BCUT2D eigenvalue weighted by atomic mass is 16.7. The van der Waals surface area contributed by atoms with Crippen LogP contribution in [-0.4, -0.2) is 21.6 Å². The standard InChI is InChI=1S/C14H16N4O2/c1-8-10(3-5-13-16-14(15)17-18(8)13)9-2-4-11-12(6-9)20-7-19-11/h2,4,6,8,10H,3,5,7H2,1H3,(H2,15,17). The van der Waals surface area contributed by atoms with Crippen LogP contribution in [0.4, 0.5) is 5.95 Å². The molecule has 104 valence electrons. The zero-order valence-electron chi connectivity index (χ0n) is 11.2. The molecule has 0 bridgehead atoms. The second-order valence-corrected chi connectivity index (χ2v) is 5.33. The Morgan fingerprint density at radius 2 is 2.15 bits per heavy atom. The fourth-order valence-corrected chi connectivity index (χ4v) is 3.16. The molecule has 1 aromatic carbocycles. The molecule has 0 radical (unpaired) electrons. The first-order valence-electron chi connectivity index (χ1n) is 6.83. The number of nitrogens with zero attached hydrogens (tertiary/aromatic N) is 3. The van der Waals surface area contributed by atoms with Crippen LogP contribution in [0, 0.1) is 0 Å². The van der Waals surface area contributed by atoms with Crippen LogP contribution in [0.2, 0.25) is 0 Å². The first kappa shape index (κ1) is 11.6. The highest BCUT2D eigenvalue weighted by Crippen LogP contribution is 2.41. The van der Waals surface area contributed by atoms with Crippen molar-refractivity contribution in [3.63, 3.8) is 0 Å². The molecule has 0 aliphatic carbocycles. The van der Waals surface area contributed by atoms with Gasteiger partial charge in [0.2, 0.25) is 12.7 Å². The number of hydrogen-bond acceptors (Lipinski definition) is 5. The second-order valence-electron chi connectivity index (χ2n) is 5.33. The SMILES string of the molecule is CC1C(c2ccc3c(c2)OCO3)CCc2nc(N)nn21. The Hall–Kier alpha value is -2.24. The molecule has 2 aromatic rings. The molecule has 2 atom stereocenters. The van der Waals surface area contributed by atoms with Crippen LogP contribution in [0.25, 0.3) is 0 Å².